The summed E-state index contributed by atoms with van der Waals surface area (Å²) in [6.45, 7) is 0.626. The predicted octanol–water partition coefficient (Wildman–Crippen LogP) is 1.85. The number of anilines is 1. The summed E-state index contributed by atoms with van der Waals surface area (Å²) in [4.78, 5) is 23.7. The second-order valence-electron chi connectivity index (χ2n) is 5.93. The molecule has 2 unspecified atom stereocenters. The van der Waals surface area contributed by atoms with Crippen LogP contribution in [0.3, 0.4) is 0 Å². The smallest absolute Gasteiger partial charge is 0.251 e. The van der Waals surface area contributed by atoms with Gasteiger partial charge >= 0.3 is 0 Å². The molecular formula is C16H22ClN3O2. The molecule has 0 spiro atoms. The number of aryl methyl sites for hydroxylation is 1. The number of carbonyl (C=O) groups is 2. The number of nitrogens with one attached hydrogen (secondary N) is 2. The van der Waals surface area contributed by atoms with Crippen molar-refractivity contribution in [3.63, 3.8) is 0 Å². The molecule has 120 valence electrons. The van der Waals surface area contributed by atoms with Crippen LogP contribution in [0.15, 0.2) is 18.2 Å². The number of benzene rings is 1. The summed E-state index contributed by atoms with van der Waals surface area (Å²) >= 11 is 0. The molecule has 22 heavy (non-hydrogen) atoms. The third kappa shape index (κ3) is 3.42. The first-order valence-corrected chi connectivity index (χ1v) is 7.61. The molecule has 1 aromatic carbocycles. The highest BCUT2D eigenvalue weighted by Gasteiger charge is 2.27. The van der Waals surface area contributed by atoms with Crippen molar-refractivity contribution in [1.29, 1.82) is 0 Å². The van der Waals surface area contributed by atoms with Crippen LogP contribution in [0.25, 0.3) is 0 Å². The maximum Gasteiger partial charge on any atom is 0.251 e. The van der Waals surface area contributed by atoms with Gasteiger partial charge in [-0.3, -0.25) is 9.59 Å². The van der Waals surface area contributed by atoms with E-state index in [-0.39, 0.29) is 30.3 Å². The average Bonchev–Trinajstić information content (AvgIpc) is 2.93. The largest absolute Gasteiger partial charge is 0.349 e. The van der Waals surface area contributed by atoms with E-state index in [1.807, 2.05) is 12.1 Å². The van der Waals surface area contributed by atoms with Crippen molar-refractivity contribution < 1.29 is 9.59 Å². The van der Waals surface area contributed by atoms with Gasteiger partial charge in [0.15, 0.2) is 0 Å². The fraction of sp³-hybridized carbons (Fsp3) is 0.500. The van der Waals surface area contributed by atoms with Crippen LogP contribution >= 0.6 is 12.4 Å². The highest BCUT2D eigenvalue weighted by Crippen LogP contribution is 2.26. The lowest BCUT2D eigenvalue weighted by Crippen LogP contribution is -2.39. The van der Waals surface area contributed by atoms with E-state index in [1.54, 1.807) is 6.07 Å². The van der Waals surface area contributed by atoms with E-state index in [0.29, 0.717) is 30.9 Å². The van der Waals surface area contributed by atoms with E-state index in [4.69, 9.17) is 5.73 Å². The second-order valence-corrected chi connectivity index (χ2v) is 5.93. The van der Waals surface area contributed by atoms with Crippen LogP contribution in [0, 0.1) is 5.92 Å². The number of nitrogens with two attached hydrogens (primary N) is 1. The van der Waals surface area contributed by atoms with Gasteiger partial charge in [-0.25, -0.2) is 0 Å². The van der Waals surface area contributed by atoms with Crippen molar-refractivity contribution in [3.8, 4) is 0 Å². The molecular weight excluding hydrogens is 302 g/mol. The lowest BCUT2D eigenvalue weighted by molar-refractivity contribution is -0.116. The zero-order valence-electron chi connectivity index (χ0n) is 12.4. The van der Waals surface area contributed by atoms with Gasteiger partial charge in [0, 0.05) is 23.7 Å². The lowest BCUT2D eigenvalue weighted by Gasteiger charge is -2.21. The third-order valence-corrected chi connectivity index (χ3v) is 4.54. The van der Waals surface area contributed by atoms with Crippen molar-refractivity contribution in [2.75, 3.05) is 11.9 Å². The summed E-state index contributed by atoms with van der Waals surface area (Å²) < 4.78 is 0. The first kappa shape index (κ1) is 16.8. The van der Waals surface area contributed by atoms with Crippen LogP contribution in [0.4, 0.5) is 5.69 Å². The molecule has 6 heteroatoms. The Morgan fingerprint density at radius 2 is 2.14 bits per heavy atom. The molecule has 1 aliphatic carbocycles. The number of fused-ring (bicyclic) bond motifs is 1. The summed E-state index contributed by atoms with van der Waals surface area (Å²) in [5.74, 6) is 0.391. The van der Waals surface area contributed by atoms with Gasteiger partial charge in [0.1, 0.15) is 0 Å². The monoisotopic (exact) mass is 323 g/mol. The summed E-state index contributed by atoms with van der Waals surface area (Å²) in [5, 5.41) is 5.93. The molecule has 1 aromatic rings. The molecule has 0 aromatic heterocycles. The summed E-state index contributed by atoms with van der Waals surface area (Å²) in [6, 6.07) is 5.66. The first-order valence-electron chi connectivity index (χ1n) is 7.61. The standard InChI is InChI=1S/C16H21N3O2.ClH/c17-9-12-2-1-3-13(12)19-16(21)11-4-6-14-10(8-11)5-7-15(20)18-14;/h4,6,8,12-13H,1-3,5,7,9,17H2,(H,18,20)(H,19,21);1H. The minimum Gasteiger partial charge on any atom is -0.349 e. The van der Waals surface area contributed by atoms with Gasteiger partial charge in [-0.05, 0) is 55.5 Å². The van der Waals surface area contributed by atoms with Crippen LogP contribution < -0.4 is 16.4 Å². The Morgan fingerprint density at radius 1 is 1.32 bits per heavy atom. The van der Waals surface area contributed by atoms with Gasteiger partial charge < -0.3 is 16.4 Å². The van der Waals surface area contributed by atoms with Crippen LogP contribution in [-0.4, -0.2) is 24.4 Å². The summed E-state index contributed by atoms with van der Waals surface area (Å²) in [7, 11) is 0. The van der Waals surface area contributed by atoms with E-state index < -0.39 is 0 Å². The van der Waals surface area contributed by atoms with E-state index in [1.165, 1.54) is 0 Å². The molecule has 0 radical (unpaired) electrons. The molecule has 3 rings (SSSR count). The van der Waals surface area contributed by atoms with E-state index in [0.717, 1.165) is 30.5 Å². The van der Waals surface area contributed by atoms with Crippen molar-refractivity contribution in [1.82, 2.24) is 5.32 Å². The molecule has 0 bridgehead atoms. The minimum atomic E-state index is -0.0416. The van der Waals surface area contributed by atoms with Crippen molar-refractivity contribution in [2.45, 2.75) is 38.1 Å². The Balaban J connectivity index is 0.00000176. The molecule has 1 fully saturated rings. The first-order chi connectivity index (χ1) is 10.2. The number of halogens is 1. The van der Waals surface area contributed by atoms with Gasteiger partial charge in [-0.15, -0.1) is 12.4 Å². The van der Waals surface area contributed by atoms with Crippen molar-refractivity contribution >= 4 is 29.9 Å². The summed E-state index contributed by atoms with van der Waals surface area (Å²) in [5.41, 5.74) is 8.27. The molecule has 1 aliphatic heterocycles. The fourth-order valence-electron chi connectivity index (χ4n) is 3.29. The predicted molar refractivity (Wildman–Crippen MR) is 88.3 cm³/mol. The maximum atomic E-state index is 12.4. The minimum absolute atomic E-state index is 0. The Morgan fingerprint density at radius 3 is 2.91 bits per heavy atom. The molecule has 2 aliphatic rings. The normalized spacial score (nSPS) is 23.2. The lowest BCUT2D eigenvalue weighted by atomic mass is 9.99. The molecule has 4 N–H and O–H groups in total. The number of hydrogen-bond acceptors (Lipinski definition) is 3. The highest BCUT2D eigenvalue weighted by atomic mass is 35.5. The zero-order chi connectivity index (χ0) is 14.8. The van der Waals surface area contributed by atoms with E-state index >= 15 is 0 Å². The Hall–Kier alpha value is -1.59. The zero-order valence-corrected chi connectivity index (χ0v) is 13.2. The second kappa shape index (κ2) is 7.11. The SMILES string of the molecule is Cl.NCC1CCCC1NC(=O)c1ccc2c(c1)CCC(=O)N2. The van der Waals surface area contributed by atoms with E-state index in [9.17, 15) is 9.59 Å². The van der Waals surface area contributed by atoms with Crippen molar-refractivity contribution in [3.05, 3.63) is 29.3 Å². The van der Waals surface area contributed by atoms with Gasteiger partial charge in [0.05, 0.1) is 0 Å². The van der Waals surface area contributed by atoms with Gasteiger partial charge in [-0.1, -0.05) is 6.42 Å². The molecule has 2 atom stereocenters. The molecule has 1 heterocycles. The number of hydrogen-bond donors (Lipinski definition) is 3. The topological polar surface area (TPSA) is 84.2 Å². The van der Waals surface area contributed by atoms with Gasteiger partial charge in [-0.2, -0.15) is 0 Å². The maximum absolute atomic E-state index is 12.4. The quantitative estimate of drug-likeness (QED) is 0.793. The highest BCUT2D eigenvalue weighted by molar-refractivity contribution is 5.98. The number of rotatable bonds is 3. The van der Waals surface area contributed by atoms with Crippen molar-refractivity contribution in [2.24, 2.45) is 11.7 Å². The van der Waals surface area contributed by atoms with Crippen LogP contribution in [0.5, 0.6) is 0 Å². The average molecular weight is 324 g/mol. The summed E-state index contributed by atoms with van der Waals surface area (Å²) in [6.07, 6.45) is 4.41. The Labute approximate surface area is 136 Å². The number of amides is 2. The third-order valence-electron chi connectivity index (χ3n) is 4.54. The van der Waals surface area contributed by atoms with Crippen LogP contribution in [-0.2, 0) is 11.2 Å². The van der Waals surface area contributed by atoms with Crippen LogP contribution in [0.1, 0.15) is 41.6 Å². The molecule has 0 saturated heterocycles. The molecule has 2 amide bonds. The van der Waals surface area contributed by atoms with Crippen LogP contribution in [0.2, 0.25) is 0 Å². The van der Waals surface area contributed by atoms with Gasteiger partial charge in [0.2, 0.25) is 5.91 Å². The fourth-order valence-corrected chi connectivity index (χ4v) is 3.29. The Kier molecular flexibility index (Phi) is 5.42. The van der Waals surface area contributed by atoms with E-state index in [2.05, 4.69) is 10.6 Å². The molecule has 5 nitrogen and oxygen atoms in total. The van der Waals surface area contributed by atoms with Gasteiger partial charge in [0.25, 0.3) is 5.91 Å². The molecule has 1 saturated carbocycles. The Bertz CT molecular complexity index is 577. The number of carbonyl (C=O) groups excluding carboxylic acids is 2.